The average Bonchev–Trinajstić information content (AvgIpc) is 2.42. The molecule has 1 aromatic carbocycles. The molecule has 90 valence electrons. The normalized spacial score (nSPS) is 13.8. The van der Waals surface area contributed by atoms with Crippen molar-refractivity contribution in [2.45, 2.75) is 26.0 Å². The van der Waals surface area contributed by atoms with Gasteiger partial charge in [0.2, 0.25) is 0 Å². The molecule has 0 fully saturated rings. The van der Waals surface area contributed by atoms with Crippen molar-refractivity contribution in [2.75, 3.05) is 5.75 Å². The van der Waals surface area contributed by atoms with Crippen LogP contribution in [-0.4, -0.2) is 10.7 Å². The molecule has 1 aliphatic heterocycles. The minimum absolute atomic E-state index is 0.0934. The van der Waals surface area contributed by atoms with Gasteiger partial charge < -0.3 is 4.98 Å². The Morgan fingerprint density at radius 3 is 2.76 bits per heavy atom. The smallest absolute Gasteiger partial charge is 0.252 e. The molecule has 2 nitrogen and oxygen atoms in total. The van der Waals surface area contributed by atoms with Gasteiger partial charge in [0.25, 0.3) is 5.56 Å². The molecule has 0 spiro atoms. The fourth-order valence-electron chi connectivity index (χ4n) is 2.14. The summed E-state index contributed by atoms with van der Waals surface area (Å²) in [5, 5.41) is 1.22. The van der Waals surface area contributed by atoms with Crippen molar-refractivity contribution in [3.63, 3.8) is 0 Å². The van der Waals surface area contributed by atoms with Crippen molar-refractivity contribution in [3.05, 3.63) is 45.7 Å². The zero-order valence-electron chi connectivity index (χ0n) is 10.2. The molecule has 1 aliphatic rings. The molecule has 0 atom stereocenters. The second-order valence-corrected chi connectivity index (χ2v) is 4.86. The average molecular weight is 247 g/mol. The van der Waals surface area contributed by atoms with Gasteiger partial charge in [-0.05, 0) is 23.8 Å². The summed E-state index contributed by atoms with van der Waals surface area (Å²) in [7, 11) is 0. The van der Waals surface area contributed by atoms with Crippen LogP contribution in [0.25, 0.3) is 10.9 Å². The van der Waals surface area contributed by atoms with Crippen LogP contribution in [0.1, 0.15) is 25.0 Å². The zero-order valence-corrected chi connectivity index (χ0v) is 11.1. The van der Waals surface area contributed by atoms with E-state index in [-0.39, 0.29) is 5.56 Å². The SMILES string of the molecule is CC.O=c1[nH]c2ccccc2c2c1CSCC2. The zero-order chi connectivity index (χ0) is 12.3. The van der Waals surface area contributed by atoms with Gasteiger partial charge in [-0.2, -0.15) is 11.8 Å². The largest absolute Gasteiger partial charge is 0.322 e. The molecule has 0 saturated carbocycles. The highest BCUT2D eigenvalue weighted by molar-refractivity contribution is 7.98. The highest BCUT2D eigenvalue weighted by Crippen LogP contribution is 2.26. The Hall–Kier alpha value is -1.22. The Labute approximate surface area is 105 Å². The number of thioether (sulfide) groups is 1. The van der Waals surface area contributed by atoms with Crippen molar-refractivity contribution in [1.82, 2.24) is 4.98 Å². The summed E-state index contributed by atoms with van der Waals surface area (Å²) in [6.45, 7) is 4.00. The minimum Gasteiger partial charge on any atom is -0.322 e. The van der Waals surface area contributed by atoms with E-state index in [1.807, 2.05) is 43.8 Å². The third kappa shape index (κ3) is 2.25. The van der Waals surface area contributed by atoms with Crippen LogP contribution in [-0.2, 0) is 12.2 Å². The van der Waals surface area contributed by atoms with Gasteiger partial charge in [0.05, 0.1) is 0 Å². The topological polar surface area (TPSA) is 32.9 Å². The van der Waals surface area contributed by atoms with E-state index in [0.717, 1.165) is 29.0 Å². The number of aromatic amines is 1. The molecule has 3 rings (SSSR count). The Balaban J connectivity index is 0.000000514. The number of benzene rings is 1. The maximum atomic E-state index is 11.8. The molecule has 2 aromatic rings. The first kappa shape index (κ1) is 12.2. The van der Waals surface area contributed by atoms with E-state index >= 15 is 0 Å². The Kier molecular flexibility index (Phi) is 3.89. The molecular formula is C14H17NOS. The quantitative estimate of drug-likeness (QED) is 0.774. The summed E-state index contributed by atoms with van der Waals surface area (Å²) in [6, 6.07) is 8.06. The Morgan fingerprint density at radius 2 is 1.94 bits per heavy atom. The summed E-state index contributed by atoms with van der Waals surface area (Å²) < 4.78 is 0. The Morgan fingerprint density at radius 1 is 1.18 bits per heavy atom. The van der Waals surface area contributed by atoms with Crippen molar-refractivity contribution in [3.8, 4) is 0 Å². The third-order valence-corrected chi connectivity index (χ3v) is 3.87. The second-order valence-electron chi connectivity index (χ2n) is 3.76. The molecule has 0 unspecified atom stereocenters. The molecule has 0 radical (unpaired) electrons. The molecule has 0 aliphatic carbocycles. The number of rotatable bonds is 0. The minimum atomic E-state index is 0.0934. The van der Waals surface area contributed by atoms with Gasteiger partial charge >= 0.3 is 0 Å². The lowest BCUT2D eigenvalue weighted by Crippen LogP contribution is -2.18. The first-order chi connectivity index (χ1) is 8.36. The summed E-state index contributed by atoms with van der Waals surface area (Å²) in [6.07, 6.45) is 1.02. The van der Waals surface area contributed by atoms with Crippen molar-refractivity contribution in [1.29, 1.82) is 0 Å². The number of aryl methyl sites for hydroxylation is 1. The fraction of sp³-hybridized carbons (Fsp3) is 0.357. The predicted octanol–water partition coefficient (Wildman–Crippen LogP) is 3.34. The molecule has 17 heavy (non-hydrogen) atoms. The van der Waals surface area contributed by atoms with E-state index in [0.29, 0.717) is 0 Å². The van der Waals surface area contributed by atoms with E-state index in [9.17, 15) is 4.79 Å². The van der Waals surface area contributed by atoms with Crippen LogP contribution in [0.4, 0.5) is 0 Å². The lowest BCUT2D eigenvalue weighted by atomic mass is 10.0. The maximum Gasteiger partial charge on any atom is 0.252 e. The van der Waals surface area contributed by atoms with Crippen LogP contribution < -0.4 is 5.56 Å². The monoisotopic (exact) mass is 247 g/mol. The number of hydrogen-bond donors (Lipinski definition) is 1. The van der Waals surface area contributed by atoms with Gasteiger partial charge in [0.15, 0.2) is 0 Å². The summed E-state index contributed by atoms with van der Waals surface area (Å²) >= 11 is 1.84. The standard InChI is InChI=1S/C12H11NOS.C2H6/c14-12-10-7-15-6-5-8(10)9-3-1-2-4-11(9)13-12;1-2/h1-4H,5-7H2,(H,13,14);1-2H3. The van der Waals surface area contributed by atoms with Gasteiger partial charge in [-0.25, -0.2) is 0 Å². The van der Waals surface area contributed by atoms with Crippen LogP contribution in [0.3, 0.4) is 0 Å². The molecule has 3 heteroatoms. The van der Waals surface area contributed by atoms with Gasteiger partial charge in [0.1, 0.15) is 0 Å². The van der Waals surface area contributed by atoms with Gasteiger partial charge in [-0.15, -0.1) is 0 Å². The van der Waals surface area contributed by atoms with E-state index in [1.54, 1.807) is 0 Å². The molecule has 0 saturated heterocycles. The molecule has 0 amide bonds. The lowest BCUT2D eigenvalue weighted by Gasteiger charge is -2.16. The summed E-state index contributed by atoms with van der Waals surface area (Å²) in [4.78, 5) is 14.8. The van der Waals surface area contributed by atoms with Crippen molar-refractivity contribution >= 4 is 22.7 Å². The number of fused-ring (bicyclic) bond motifs is 3. The van der Waals surface area contributed by atoms with Crippen molar-refractivity contribution in [2.24, 2.45) is 0 Å². The number of nitrogens with one attached hydrogen (secondary N) is 1. The van der Waals surface area contributed by atoms with Crippen LogP contribution in [0.15, 0.2) is 29.1 Å². The number of hydrogen-bond acceptors (Lipinski definition) is 2. The summed E-state index contributed by atoms with van der Waals surface area (Å²) in [5.41, 5.74) is 3.29. The number of para-hydroxylation sites is 1. The number of aromatic nitrogens is 1. The van der Waals surface area contributed by atoms with E-state index in [1.165, 1.54) is 10.9 Å². The van der Waals surface area contributed by atoms with Crippen LogP contribution in [0, 0.1) is 0 Å². The first-order valence-corrected chi connectivity index (χ1v) is 7.22. The molecule has 1 aromatic heterocycles. The molecular weight excluding hydrogens is 230 g/mol. The van der Waals surface area contributed by atoms with Crippen LogP contribution in [0.2, 0.25) is 0 Å². The molecule has 1 N–H and O–H groups in total. The van der Waals surface area contributed by atoms with Crippen LogP contribution >= 0.6 is 11.8 Å². The van der Waals surface area contributed by atoms with E-state index < -0.39 is 0 Å². The molecule has 2 heterocycles. The third-order valence-electron chi connectivity index (χ3n) is 2.88. The first-order valence-electron chi connectivity index (χ1n) is 6.07. The number of pyridine rings is 1. The second kappa shape index (κ2) is 5.41. The van der Waals surface area contributed by atoms with Gasteiger partial charge in [0, 0.05) is 22.2 Å². The molecule has 0 bridgehead atoms. The number of H-pyrrole nitrogens is 1. The van der Waals surface area contributed by atoms with Gasteiger partial charge in [-0.3, -0.25) is 4.79 Å². The maximum absolute atomic E-state index is 11.8. The van der Waals surface area contributed by atoms with Crippen molar-refractivity contribution < 1.29 is 0 Å². The Bertz CT molecular complexity index is 574. The highest BCUT2D eigenvalue weighted by atomic mass is 32.2. The van der Waals surface area contributed by atoms with E-state index in [2.05, 4.69) is 11.1 Å². The lowest BCUT2D eigenvalue weighted by molar-refractivity contribution is 1.06. The predicted molar refractivity (Wildman–Crippen MR) is 75.8 cm³/mol. The van der Waals surface area contributed by atoms with Crippen LogP contribution in [0.5, 0.6) is 0 Å². The summed E-state index contributed by atoms with van der Waals surface area (Å²) in [5.74, 6) is 1.98. The highest BCUT2D eigenvalue weighted by Gasteiger charge is 2.15. The van der Waals surface area contributed by atoms with E-state index in [4.69, 9.17) is 0 Å². The fourth-order valence-corrected chi connectivity index (χ4v) is 3.14. The van der Waals surface area contributed by atoms with Gasteiger partial charge in [-0.1, -0.05) is 32.0 Å².